The van der Waals surface area contributed by atoms with Gasteiger partial charge in [0.25, 0.3) is 10.0 Å². The lowest BCUT2D eigenvalue weighted by atomic mass is 10.1. The van der Waals surface area contributed by atoms with Gasteiger partial charge in [0.1, 0.15) is 0 Å². The first-order chi connectivity index (χ1) is 12.9. The first-order valence-electron chi connectivity index (χ1n) is 9.26. The standard InChI is InChI=1S/C21H24N2O3S/c1-16-2-6-20(7-3-16)27(25,26)23-13-8-18-5-4-17(14-21(18)23)15-22-11-9-19(24)10-12-22/h2-8,13-14,19,24H,9-12,15H2,1H3. The van der Waals surface area contributed by atoms with Gasteiger partial charge in [-0.1, -0.05) is 29.8 Å². The van der Waals surface area contributed by atoms with Crippen LogP contribution in [0.25, 0.3) is 10.9 Å². The smallest absolute Gasteiger partial charge is 0.268 e. The highest BCUT2D eigenvalue weighted by Crippen LogP contribution is 2.24. The molecule has 3 aromatic rings. The van der Waals surface area contributed by atoms with Gasteiger partial charge in [-0.2, -0.15) is 0 Å². The van der Waals surface area contributed by atoms with E-state index in [-0.39, 0.29) is 6.10 Å². The van der Waals surface area contributed by atoms with Gasteiger partial charge in [0, 0.05) is 31.2 Å². The van der Waals surface area contributed by atoms with E-state index in [1.165, 1.54) is 3.97 Å². The van der Waals surface area contributed by atoms with Crippen LogP contribution < -0.4 is 0 Å². The number of likely N-dealkylation sites (tertiary alicyclic amines) is 1. The van der Waals surface area contributed by atoms with Crippen molar-refractivity contribution in [3.05, 3.63) is 65.9 Å². The van der Waals surface area contributed by atoms with Gasteiger partial charge in [-0.3, -0.25) is 4.90 Å². The molecule has 1 N–H and O–H groups in total. The Kier molecular flexibility index (Phi) is 4.80. The Morgan fingerprint density at radius 1 is 1.04 bits per heavy atom. The molecule has 4 rings (SSSR count). The average Bonchev–Trinajstić information content (AvgIpc) is 3.08. The zero-order valence-corrected chi connectivity index (χ0v) is 16.2. The van der Waals surface area contributed by atoms with Crippen LogP contribution in [0.5, 0.6) is 0 Å². The molecule has 1 fully saturated rings. The van der Waals surface area contributed by atoms with Crippen molar-refractivity contribution in [1.82, 2.24) is 8.87 Å². The summed E-state index contributed by atoms with van der Waals surface area (Å²) < 4.78 is 27.5. The average molecular weight is 385 g/mol. The predicted molar refractivity (Wildman–Crippen MR) is 106 cm³/mol. The fraction of sp³-hybridized carbons (Fsp3) is 0.333. The Labute approximate surface area is 159 Å². The number of nitrogens with zero attached hydrogens (tertiary/aromatic N) is 2. The molecule has 1 aliphatic heterocycles. The molecule has 1 aliphatic rings. The molecule has 142 valence electrons. The second-order valence-electron chi connectivity index (χ2n) is 7.33. The van der Waals surface area contributed by atoms with Crippen molar-refractivity contribution in [2.45, 2.75) is 37.3 Å². The van der Waals surface area contributed by atoms with E-state index in [0.717, 1.165) is 49.0 Å². The predicted octanol–water partition coefficient (Wildman–Crippen LogP) is 3.14. The second kappa shape index (κ2) is 7.11. The molecule has 1 aromatic heterocycles. The molecule has 5 nitrogen and oxygen atoms in total. The van der Waals surface area contributed by atoms with Crippen molar-refractivity contribution < 1.29 is 13.5 Å². The molecule has 6 heteroatoms. The highest BCUT2D eigenvalue weighted by Gasteiger charge is 2.20. The maximum atomic E-state index is 13.1. The van der Waals surface area contributed by atoms with Crippen LogP contribution in [0.2, 0.25) is 0 Å². The van der Waals surface area contributed by atoms with Crippen molar-refractivity contribution in [2.24, 2.45) is 0 Å². The Bertz CT molecular complexity index is 1050. The highest BCUT2D eigenvalue weighted by molar-refractivity contribution is 7.90. The molecule has 0 unspecified atom stereocenters. The highest BCUT2D eigenvalue weighted by atomic mass is 32.2. The van der Waals surface area contributed by atoms with E-state index in [1.807, 2.05) is 37.3 Å². The normalized spacial score (nSPS) is 16.8. The molecule has 0 radical (unpaired) electrons. The summed E-state index contributed by atoms with van der Waals surface area (Å²) in [5.41, 5.74) is 2.81. The van der Waals surface area contributed by atoms with Crippen LogP contribution in [0.4, 0.5) is 0 Å². The van der Waals surface area contributed by atoms with E-state index in [2.05, 4.69) is 11.0 Å². The molecular weight excluding hydrogens is 360 g/mol. The van der Waals surface area contributed by atoms with Gasteiger partial charge < -0.3 is 5.11 Å². The number of benzene rings is 2. The lowest BCUT2D eigenvalue weighted by Crippen LogP contribution is -2.35. The Morgan fingerprint density at radius 3 is 2.44 bits per heavy atom. The van der Waals surface area contributed by atoms with Gasteiger partial charge in [-0.15, -0.1) is 0 Å². The number of fused-ring (bicyclic) bond motifs is 1. The number of aromatic nitrogens is 1. The molecule has 2 heterocycles. The molecule has 0 spiro atoms. The Balaban J connectivity index is 1.67. The minimum atomic E-state index is -3.63. The zero-order valence-electron chi connectivity index (χ0n) is 15.4. The van der Waals surface area contributed by atoms with E-state index < -0.39 is 10.0 Å². The third kappa shape index (κ3) is 3.65. The van der Waals surface area contributed by atoms with Gasteiger partial charge in [0.05, 0.1) is 16.5 Å². The molecular formula is C21H24N2O3S. The third-order valence-corrected chi connectivity index (χ3v) is 6.97. The lowest BCUT2D eigenvalue weighted by Gasteiger charge is -2.29. The van der Waals surface area contributed by atoms with Crippen molar-refractivity contribution in [3.8, 4) is 0 Å². The number of aliphatic hydroxyl groups is 1. The fourth-order valence-corrected chi connectivity index (χ4v) is 4.96. The molecule has 0 aliphatic carbocycles. The van der Waals surface area contributed by atoms with Gasteiger partial charge in [-0.25, -0.2) is 12.4 Å². The Morgan fingerprint density at radius 2 is 1.74 bits per heavy atom. The number of hydrogen-bond acceptors (Lipinski definition) is 4. The first kappa shape index (κ1) is 18.2. The SMILES string of the molecule is Cc1ccc(S(=O)(=O)n2ccc3ccc(CN4CCC(O)CC4)cc32)cc1. The van der Waals surface area contributed by atoms with Crippen LogP contribution in [0.3, 0.4) is 0 Å². The summed E-state index contributed by atoms with van der Waals surface area (Å²) in [6.45, 7) is 4.43. The number of hydrogen-bond donors (Lipinski definition) is 1. The molecule has 1 saturated heterocycles. The minimum Gasteiger partial charge on any atom is -0.393 e. The fourth-order valence-electron chi connectivity index (χ4n) is 3.62. The molecule has 0 bridgehead atoms. The van der Waals surface area contributed by atoms with Crippen molar-refractivity contribution in [2.75, 3.05) is 13.1 Å². The molecule has 0 atom stereocenters. The van der Waals surface area contributed by atoms with Gasteiger partial charge in [0.2, 0.25) is 0 Å². The van der Waals surface area contributed by atoms with E-state index in [9.17, 15) is 13.5 Å². The number of rotatable bonds is 4. The molecule has 2 aromatic carbocycles. The van der Waals surface area contributed by atoms with Crippen LogP contribution in [-0.2, 0) is 16.6 Å². The third-order valence-electron chi connectivity index (χ3n) is 5.26. The van der Waals surface area contributed by atoms with Gasteiger partial charge >= 0.3 is 0 Å². The molecule has 0 amide bonds. The summed E-state index contributed by atoms with van der Waals surface area (Å²) in [4.78, 5) is 2.59. The van der Waals surface area contributed by atoms with Crippen LogP contribution >= 0.6 is 0 Å². The maximum Gasteiger partial charge on any atom is 0.268 e. The van der Waals surface area contributed by atoms with Crippen molar-refractivity contribution >= 4 is 20.9 Å². The number of aryl methyl sites for hydroxylation is 1. The zero-order chi connectivity index (χ0) is 19.0. The monoisotopic (exact) mass is 384 g/mol. The number of piperidine rings is 1. The molecule has 0 saturated carbocycles. The second-order valence-corrected chi connectivity index (χ2v) is 9.15. The van der Waals surface area contributed by atoms with Crippen LogP contribution in [0.1, 0.15) is 24.0 Å². The summed E-state index contributed by atoms with van der Waals surface area (Å²) in [6, 6.07) is 14.8. The summed E-state index contributed by atoms with van der Waals surface area (Å²) in [7, 11) is -3.63. The Hall–Kier alpha value is -2.15. The quantitative estimate of drug-likeness (QED) is 0.751. The first-order valence-corrected chi connectivity index (χ1v) is 10.7. The summed E-state index contributed by atoms with van der Waals surface area (Å²) in [5.74, 6) is 0. The summed E-state index contributed by atoms with van der Waals surface area (Å²) in [6.07, 6.45) is 3.02. The summed E-state index contributed by atoms with van der Waals surface area (Å²) in [5, 5.41) is 10.6. The van der Waals surface area contributed by atoms with Gasteiger partial charge in [-0.05, 0) is 49.6 Å². The van der Waals surface area contributed by atoms with Crippen molar-refractivity contribution in [1.29, 1.82) is 0 Å². The lowest BCUT2D eigenvalue weighted by molar-refractivity contribution is 0.0792. The largest absolute Gasteiger partial charge is 0.393 e. The van der Waals surface area contributed by atoms with Crippen LogP contribution in [0.15, 0.2) is 59.6 Å². The van der Waals surface area contributed by atoms with Crippen LogP contribution in [0, 0.1) is 6.92 Å². The topological polar surface area (TPSA) is 62.5 Å². The van der Waals surface area contributed by atoms with E-state index in [1.54, 1.807) is 18.3 Å². The van der Waals surface area contributed by atoms with E-state index in [0.29, 0.717) is 10.4 Å². The maximum absolute atomic E-state index is 13.1. The summed E-state index contributed by atoms with van der Waals surface area (Å²) >= 11 is 0. The van der Waals surface area contributed by atoms with E-state index >= 15 is 0 Å². The van der Waals surface area contributed by atoms with Crippen molar-refractivity contribution in [3.63, 3.8) is 0 Å². The van der Waals surface area contributed by atoms with Gasteiger partial charge in [0.15, 0.2) is 0 Å². The van der Waals surface area contributed by atoms with Crippen LogP contribution in [-0.4, -0.2) is 41.6 Å². The minimum absolute atomic E-state index is 0.194. The molecule has 27 heavy (non-hydrogen) atoms. The van der Waals surface area contributed by atoms with E-state index in [4.69, 9.17) is 0 Å². The number of aliphatic hydroxyl groups excluding tert-OH is 1.